The van der Waals surface area contributed by atoms with Crippen molar-refractivity contribution in [2.45, 2.75) is 105 Å². The van der Waals surface area contributed by atoms with Crippen LogP contribution in [0.3, 0.4) is 0 Å². The number of piperidine rings is 2. The van der Waals surface area contributed by atoms with Crippen molar-refractivity contribution in [3.8, 4) is 0 Å². The fourth-order valence-corrected chi connectivity index (χ4v) is 2.42. The number of imide groups is 2. The van der Waals surface area contributed by atoms with E-state index in [4.69, 9.17) is 4.74 Å². The maximum atomic E-state index is 10.9. The lowest BCUT2D eigenvalue weighted by atomic mass is 10.1. The number of hydrogen-bond acceptors (Lipinski definition) is 6. The molecule has 2 atom stereocenters. The smallest absolute Gasteiger partial charge is 0.255 e. The average molecular weight is 472 g/mol. The summed E-state index contributed by atoms with van der Waals surface area (Å²) in [5, 5.41) is 4.44. The van der Waals surface area contributed by atoms with Crippen LogP contribution in [0.1, 0.15) is 93.9 Å². The van der Waals surface area contributed by atoms with Crippen LogP contribution in [0.4, 0.5) is 0 Å². The van der Waals surface area contributed by atoms with Gasteiger partial charge >= 0.3 is 0 Å². The second-order valence-corrected chi connectivity index (χ2v) is 6.81. The highest BCUT2D eigenvalue weighted by Gasteiger charge is 2.26. The van der Waals surface area contributed by atoms with Gasteiger partial charge in [0, 0.05) is 36.8 Å². The van der Waals surface area contributed by atoms with Gasteiger partial charge < -0.3 is 4.74 Å². The lowest BCUT2D eigenvalue weighted by Crippen LogP contribution is -2.44. The molecule has 0 aromatic carbocycles. The minimum Gasteiger partial charge on any atom is -0.372 e. The standard InChI is InChI=1S/C6H9NO3.C6H9NO2S.2C3H8.2C2H6.2B/c2*1-10-4-2-3-5(8)7-6(4)9;2*1-3-2;2*1-2;;/h2*4H,2-3H2,1H3,(H,7,8,9);2*3H2,1-2H3;2*1-2H3;;. The van der Waals surface area contributed by atoms with Crippen molar-refractivity contribution in [3.63, 3.8) is 0 Å². The van der Waals surface area contributed by atoms with E-state index in [2.05, 4.69) is 38.3 Å². The van der Waals surface area contributed by atoms with Crippen LogP contribution in [-0.2, 0) is 23.9 Å². The number of hydrogen-bond donors (Lipinski definition) is 2. The van der Waals surface area contributed by atoms with Gasteiger partial charge in [0.2, 0.25) is 17.7 Å². The number of methoxy groups -OCH3 is 1. The molecule has 0 aliphatic carbocycles. The highest BCUT2D eigenvalue weighted by atomic mass is 32.2. The molecule has 2 fully saturated rings. The van der Waals surface area contributed by atoms with E-state index in [1.54, 1.807) is 0 Å². The molecule has 2 heterocycles. The summed E-state index contributed by atoms with van der Waals surface area (Å²) in [7, 11) is 1.46. The molecule has 186 valence electrons. The summed E-state index contributed by atoms with van der Waals surface area (Å²) in [6.45, 7) is 16.5. The second-order valence-electron chi connectivity index (χ2n) is 5.77. The van der Waals surface area contributed by atoms with Gasteiger partial charge in [0.1, 0.15) is 6.10 Å². The summed E-state index contributed by atoms with van der Waals surface area (Å²) < 4.78 is 4.79. The van der Waals surface area contributed by atoms with Gasteiger partial charge in [-0.2, -0.15) is 11.8 Å². The first-order valence-electron chi connectivity index (χ1n) is 11.0. The predicted molar refractivity (Wildman–Crippen MR) is 139 cm³/mol. The van der Waals surface area contributed by atoms with Gasteiger partial charge in [0.25, 0.3) is 5.91 Å². The molecule has 2 aliphatic heterocycles. The van der Waals surface area contributed by atoms with Crippen LogP contribution in [0.2, 0.25) is 0 Å². The Morgan fingerprint density at radius 2 is 1.12 bits per heavy atom. The van der Waals surface area contributed by atoms with Gasteiger partial charge in [0.05, 0.1) is 5.25 Å². The van der Waals surface area contributed by atoms with Crippen molar-refractivity contribution in [2.75, 3.05) is 13.4 Å². The Labute approximate surface area is 205 Å². The van der Waals surface area contributed by atoms with E-state index >= 15 is 0 Å². The topological polar surface area (TPSA) is 102 Å². The van der Waals surface area contributed by atoms with Crippen LogP contribution >= 0.6 is 11.8 Å². The van der Waals surface area contributed by atoms with Crippen LogP contribution in [0.15, 0.2) is 0 Å². The van der Waals surface area contributed by atoms with E-state index in [1.165, 1.54) is 31.7 Å². The fourth-order valence-electron chi connectivity index (χ4n) is 1.80. The van der Waals surface area contributed by atoms with Gasteiger partial charge in [-0.15, -0.1) is 0 Å². The lowest BCUT2D eigenvalue weighted by Gasteiger charge is -2.18. The fraction of sp³-hybridized carbons (Fsp3) is 0.818. The third kappa shape index (κ3) is 26.8. The Morgan fingerprint density at radius 1 is 0.781 bits per heavy atom. The number of amides is 4. The van der Waals surface area contributed by atoms with Gasteiger partial charge in [0.15, 0.2) is 0 Å². The molecule has 2 aliphatic rings. The molecule has 6 radical (unpaired) electrons. The number of carbonyl (C=O) groups excluding carboxylic acids is 4. The average Bonchev–Trinajstić information content (AvgIpc) is 2.73. The van der Waals surface area contributed by atoms with E-state index in [9.17, 15) is 19.2 Å². The third-order valence-electron chi connectivity index (χ3n) is 2.95. The van der Waals surface area contributed by atoms with Gasteiger partial charge in [-0.1, -0.05) is 68.2 Å². The number of carbonyl (C=O) groups is 4. The summed E-state index contributed by atoms with van der Waals surface area (Å²) in [5.74, 6) is -0.809. The zero-order chi connectivity index (χ0) is 24.5. The second kappa shape index (κ2) is 34.3. The lowest BCUT2D eigenvalue weighted by molar-refractivity contribution is -0.141. The molecule has 2 saturated heterocycles. The first-order valence-corrected chi connectivity index (χ1v) is 12.3. The molecule has 2 N–H and O–H groups in total. The SMILES string of the molecule is CC.CC.CCC.CCC.COC1CCC(=O)NC1=O.CSC1CCC(=O)NC1=O.[B].[B]. The van der Waals surface area contributed by atoms with E-state index in [-0.39, 0.29) is 45.7 Å². The highest BCUT2D eigenvalue weighted by molar-refractivity contribution is 7.99. The van der Waals surface area contributed by atoms with Crippen molar-refractivity contribution >= 4 is 52.2 Å². The van der Waals surface area contributed by atoms with Crippen LogP contribution in [0, 0.1) is 0 Å². The number of nitrogens with one attached hydrogen (secondary N) is 2. The van der Waals surface area contributed by atoms with Gasteiger partial charge in [-0.25, -0.2) is 0 Å². The maximum absolute atomic E-state index is 10.9. The van der Waals surface area contributed by atoms with Crippen molar-refractivity contribution < 1.29 is 23.9 Å². The summed E-state index contributed by atoms with van der Waals surface area (Å²) in [4.78, 5) is 42.8. The Balaban J connectivity index is -0.0000000724. The number of rotatable bonds is 2. The predicted octanol–water partition coefficient (Wildman–Crippen LogP) is 3.72. The van der Waals surface area contributed by atoms with E-state index in [1.807, 2.05) is 34.0 Å². The molecule has 0 spiro atoms. The minimum atomic E-state index is -0.433. The van der Waals surface area contributed by atoms with Crippen LogP contribution in [0.25, 0.3) is 0 Å². The Hall–Kier alpha value is -1.28. The molecule has 0 saturated carbocycles. The van der Waals surface area contributed by atoms with Crippen molar-refractivity contribution in [1.29, 1.82) is 0 Å². The summed E-state index contributed by atoms with van der Waals surface area (Å²) in [6, 6.07) is 0. The van der Waals surface area contributed by atoms with Crippen molar-refractivity contribution in [1.82, 2.24) is 10.6 Å². The quantitative estimate of drug-likeness (QED) is 0.470. The first kappa shape index (κ1) is 44.4. The van der Waals surface area contributed by atoms with E-state index in [0.717, 1.165) is 0 Å². The summed E-state index contributed by atoms with van der Waals surface area (Å²) in [5.41, 5.74) is 0. The Kier molecular flexibility index (Phi) is 47.6. The number of thioether (sulfide) groups is 1. The normalized spacial score (nSPS) is 17.9. The van der Waals surface area contributed by atoms with E-state index in [0.29, 0.717) is 25.7 Å². The van der Waals surface area contributed by atoms with Gasteiger partial charge in [-0.05, 0) is 19.1 Å². The molecular weight excluding hydrogens is 426 g/mol. The molecule has 10 heteroatoms. The summed E-state index contributed by atoms with van der Waals surface area (Å²) in [6.07, 6.45) is 5.99. The largest absolute Gasteiger partial charge is 0.372 e. The maximum Gasteiger partial charge on any atom is 0.255 e. The molecule has 7 nitrogen and oxygen atoms in total. The Bertz CT molecular complexity index is 416. The van der Waals surface area contributed by atoms with Crippen LogP contribution < -0.4 is 10.6 Å². The molecule has 2 rings (SSSR count). The van der Waals surface area contributed by atoms with Crippen molar-refractivity contribution in [2.24, 2.45) is 0 Å². The van der Waals surface area contributed by atoms with Crippen LogP contribution in [-0.4, -0.2) is 65.2 Å². The molecular formula is C22H46B2N2O5S. The summed E-state index contributed by atoms with van der Waals surface area (Å²) >= 11 is 1.49. The Morgan fingerprint density at radius 3 is 1.41 bits per heavy atom. The van der Waals surface area contributed by atoms with Crippen molar-refractivity contribution in [3.05, 3.63) is 0 Å². The minimum absolute atomic E-state index is 0. The molecule has 0 aromatic heterocycles. The zero-order valence-electron chi connectivity index (χ0n) is 22.0. The van der Waals surface area contributed by atoms with E-state index < -0.39 is 6.10 Å². The highest BCUT2D eigenvalue weighted by Crippen LogP contribution is 2.16. The molecule has 4 amide bonds. The molecule has 0 bridgehead atoms. The zero-order valence-corrected chi connectivity index (χ0v) is 22.8. The first-order chi connectivity index (χ1) is 14.3. The molecule has 0 aromatic rings. The third-order valence-corrected chi connectivity index (χ3v) is 3.97. The number of ether oxygens (including phenoxy) is 1. The monoisotopic (exact) mass is 472 g/mol. The molecule has 32 heavy (non-hydrogen) atoms. The molecule has 2 unspecified atom stereocenters. The van der Waals surface area contributed by atoms with Gasteiger partial charge in [-0.3, -0.25) is 29.8 Å². The van der Waals surface area contributed by atoms with Crippen LogP contribution in [0.5, 0.6) is 0 Å².